The van der Waals surface area contributed by atoms with Crippen molar-refractivity contribution in [2.75, 3.05) is 20.6 Å². The molecule has 5 nitrogen and oxygen atoms in total. The standard InChI is InChI=1S/C13H27N5/c1-7-9-14-12(11-10-15-16-18(11)6)13(3,8-2)17(4)5/h10,12,14H,7-9H2,1-6H3. The van der Waals surface area contributed by atoms with Crippen molar-refractivity contribution in [3.05, 3.63) is 11.9 Å². The molecule has 0 spiro atoms. The van der Waals surface area contributed by atoms with Gasteiger partial charge in [-0.25, -0.2) is 0 Å². The monoisotopic (exact) mass is 253 g/mol. The Morgan fingerprint density at radius 2 is 2.11 bits per heavy atom. The van der Waals surface area contributed by atoms with Crippen molar-refractivity contribution in [3.8, 4) is 0 Å². The molecule has 1 N–H and O–H groups in total. The third kappa shape index (κ3) is 2.90. The predicted molar refractivity (Wildman–Crippen MR) is 74.4 cm³/mol. The second-order valence-corrected chi connectivity index (χ2v) is 5.27. The average Bonchev–Trinajstić information content (AvgIpc) is 2.75. The molecule has 0 aliphatic heterocycles. The fraction of sp³-hybridized carbons (Fsp3) is 0.846. The Kier molecular flexibility index (Phi) is 5.28. The first-order valence-corrected chi connectivity index (χ1v) is 6.72. The first-order valence-electron chi connectivity index (χ1n) is 6.72. The van der Waals surface area contributed by atoms with Crippen molar-refractivity contribution in [1.29, 1.82) is 0 Å². The van der Waals surface area contributed by atoms with Crippen LogP contribution >= 0.6 is 0 Å². The topological polar surface area (TPSA) is 46.0 Å². The molecular formula is C13H27N5. The lowest BCUT2D eigenvalue weighted by Gasteiger charge is -2.43. The Labute approximate surface area is 111 Å². The molecule has 0 fully saturated rings. The van der Waals surface area contributed by atoms with Crippen molar-refractivity contribution in [2.24, 2.45) is 7.05 Å². The number of rotatable bonds is 7. The van der Waals surface area contributed by atoms with Crippen LogP contribution in [0.3, 0.4) is 0 Å². The first kappa shape index (κ1) is 15.1. The molecule has 1 aromatic rings. The van der Waals surface area contributed by atoms with E-state index >= 15 is 0 Å². The summed E-state index contributed by atoms with van der Waals surface area (Å²) in [5.74, 6) is 0. The molecule has 0 bridgehead atoms. The van der Waals surface area contributed by atoms with Gasteiger partial charge >= 0.3 is 0 Å². The van der Waals surface area contributed by atoms with Crippen LogP contribution in [0.15, 0.2) is 6.20 Å². The third-order valence-corrected chi connectivity index (χ3v) is 4.00. The molecule has 2 atom stereocenters. The van der Waals surface area contributed by atoms with E-state index in [2.05, 4.69) is 55.4 Å². The molecule has 5 heteroatoms. The average molecular weight is 253 g/mol. The van der Waals surface area contributed by atoms with Crippen LogP contribution in [-0.4, -0.2) is 46.1 Å². The van der Waals surface area contributed by atoms with Gasteiger partial charge in [0.25, 0.3) is 0 Å². The number of aryl methyl sites for hydroxylation is 1. The van der Waals surface area contributed by atoms with Gasteiger partial charge in [-0.3, -0.25) is 4.68 Å². The van der Waals surface area contributed by atoms with Gasteiger partial charge in [-0.1, -0.05) is 19.1 Å². The maximum absolute atomic E-state index is 4.06. The summed E-state index contributed by atoms with van der Waals surface area (Å²) in [5, 5.41) is 11.7. The summed E-state index contributed by atoms with van der Waals surface area (Å²) in [6.45, 7) is 7.70. The molecule has 0 aliphatic carbocycles. The van der Waals surface area contributed by atoms with Gasteiger partial charge in [0.15, 0.2) is 0 Å². The summed E-state index contributed by atoms with van der Waals surface area (Å²) in [6, 6.07) is 0.234. The SMILES string of the molecule is CCCNC(c1cnnn1C)C(C)(CC)N(C)C. The minimum Gasteiger partial charge on any atom is -0.307 e. The molecule has 0 aliphatic rings. The highest BCUT2D eigenvalue weighted by Gasteiger charge is 2.37. The lowest BCUT2D eigenvalue weighted by atomic mass is 9.86. The molecule has 0 saturated carbocycles. The van der Waals surface area contributed by atoms with E-state index in [1.807, 2.05) is 17.9 Å². The quantitative estimate of drug-likeness (QED) is 0.801. The van der Waals surface area contributed by atoms with Gasteiger partial charge < -0.3 is 10.2 Å². The van der Waals surface area contributed by atoms with Gasteiger partial charge in [0, 0.05) is 12.6 Å². The fourth-order valence-corrected chi connectivity index (χ4v) is 2.27. The zero-order chi connectivity index (χ0) is 13.8. The van der Waals surface area contributed by atoms with Crippen LogP contribution in [0.2, 0.25) is 0 Å². The Hall–Kier alpha value is -0.940. The summed E-state index contributed by atoms with van der Waals surface area (Å²) in [4.78, 5) is 2.29. The van der Waals surface area contributed by atoms with Gasteiger partial charge in [-0.05, 0) is 40.4 Å². The number of hydrogen-bond acceptors (Lipinski definition) is 4. The number of likely N-dealkylation sites (N-methyl/N-ethyl adjacent to an activating group) is 1. The van der Waals surface area contributed by atoms with Crippen LogP contribution in [0.25, 0.3) is 0 Å². The number of hydrogen-bond donors (Lipinski definition) is 1. The molecule has 2 unspecified atom stereocenters. The number of aromatic nitrogens is 3. The normalized spacial score (nSPS) is 16.8. The van der Waals surface area contributed by atoms with Gasteiger partial charge in [-0.2, -0.15) is 0 Å². The Morgan fingerprint density at radius 3 is 2.50 bits per heavy atom. The minimum absolute atomic E-state index is 0.0463. The molecule has 0 saturated heterocycles. The summed E-state index contributed by atoms with van der Waals surface area (Å²) >= 11 is 0. The lowest BCUT2D eigenvalue weighted by Crippen LogP contribution is -2.52. The highest BCUT2D eigenvalue weighted by Crippen LogP contribution is 2.32. The molecule has 0 amide bonds. The fourth-order valence-electron chi connectivity index (χ4n) is 2.27. The van der Waals surface area contributed by atoms with E-state index in [0.717, 1.165) is 25.1 Å². The summed E-state index contributed by atoms with van der Waals surface area (Å²) < 4.78 is 1.87. The Balaban J connectivity index is 3.08. The molecular weight excluding hydrogens is 226 g/mol. The van der Waals surface area contributed by atoms with Gasteiger partial charge in [0.05, 0.1) is 17.9 Å². The van der Waals surface area contributed by atoms with Crippen LogP contribution in [0, 0.1) is 0 Å². The molecule has 18 heavy (non-hydrogen) atoms. The Morgan fingerprint density at radius 1 is 1.44 bits per heavy atom. The van der Waals surface area contributed by atoms with Crippen molar-refractivity contribution in [2.45, 2.75) is 45.2 Å². The van der Waals surface area contributed by atoms with Crippen LogP contribution < -0.4 is 5.32 Å². The van der Waals surface area contributed by atoms with E-state index in [4.69, 9.17) is 0 Å². The predicted octanol–water partition coefficient (Wildman–Crippen LogP) is 1.59. The van der Waals surface area contributed by atoms with Crippen molar-refractivity contribution < 1.29 is 0 Å². The van der Waals surface area contributed by atoms with Crippen molar-refractivity contribution >= 4 is 0 Å². The molecule has 0 radical (unpaired) electrons. The van der Waals surface area contributed by atoms with Gasteiger partial charge in [0.2, 0.25) is 0 Å². The van der Waals surface area contributed by atoms with E-state index < -0.39 is 0 Å². The first-order chi connectivity index (χ1) is 8.47. The zero-order valence-electron chi connectivity index (χ0n) is 12.6. The zero-order valence-corrected chi connectivity index (χ0v) is 12.6. The number of nitrogens with zero attached hydrogens (tertiary/aromatic N) is 4. The molecule has 1 rings (SSSR count). The van der Waals surface area contributed by atoms with Gasteiger partial charge in [-0.15, -0.1) is 5.10 Å². The summed E-state index contributed by atoms with van der Waals surface area (Å²) in [5.41, 5.74) is 1.19. The van der Waals surface area contributed by atoms with E-state index in [0.29, 0.717) is 0 Å². The van der Waals surface area contributed by atoms with Crippen LogP contribution in [0.1, 0.15) is 45.3 Å². The van der Waals surface area contributed by atoms with Crippen LogP contribution in [-0.2, 0) is 7.05 Å². The lowest BCUT2D eigenvalue weighted by molar-refractivity contribution is 0.109. The Bertz CT molecular complexity index is 360. The third-order valence-electron chi connectivity index (χ3n) is 4.00. The second-order valence-electron chi connectivity index (χ2n) is 5.27. The second kappa shape index (κ2) is 6.29. The minimum atomic E-state index is 0.0463. The van der Waals surface area contributed by atoms with Crippen molar-refractivity contribution in [3.63, 3.8) is 0 Å². The molecule has 0 aromatic carbocycles. The summed E-state index contributed by atoms with van der Waals surface area (Å²) in [7, 11) is 6.22. The smallest absolute Gasteiger partial charge is 0.0772 e. The van der Waals surface area contributed by atoms with Crippen LogP contribution in [0.5, 0.6) is 0 Å². The highest BCUT2D eigenvalue weighted by atomic mass is 15.4. The van der Waals surface area contributed by atoms with E-state index in [9.17, 15) is 0 Å². The maximum atomic E-state index is 4.06. The van der Waals surface area contributed by atoms with Gasteiger partial charge in [0.1, 0.15) is 0 Å². The molecule has 104 valence electrons. The highest BCUT2D eigenvalue weighted by molar-refractivity contribution is 5.11. The van der Waals surface area contributed by atoms with Crippen molar-refractivity contribution in [1.82, 2.24) is 25.2 Å². The molecule has 1 aromatic heterocycles. The van der Waals surface area contributed by atoms with Crippen LogP contribution in [0.4, 0.5) is 0 Å². The van der Waals surface area contributed by atoms with E-state index in [-0.39, 0.29) is 11.6 Å². The molecule has 1 heterocycles. The summed E-state index contributed by atoms with van der Waals surface area (Å²) in [6.07, 6.45) is 4.05. The maximum Gasteiger partial charge on any atom is 0.0772 e. The van der Waals surface area contributed by atoms with E-state index in [1.54, 1.807) is 0 Å². The van der Waals surface area contributed by atoms with E-state index in [1.165, 1.54) is 0 Å². The number of nitrogens with one attached hydrogen (secondary N) is 1. The largest absolute Gasteiger partial charge is 0.307 e.